The maximum Gasteiger partial charge on any atom is 0.321 e. The van der Waals surface area contributed by atoms with Gasteiger partial charge in [-0.1, -0.05) is 5.21 Å². The smallest absolute Gasteiger partial charge is 0.321 e. The molecule has 1 unspecified atom stereocenters. The zero-order chi connectivity index (χ0) is 14.3. The number of urea groups is 1. The summed E-state index contributed by atoms with van der Waals surface area (Å²) in [6.45, 7) is 2.37. The second-order valence-corrected chi connectivity index (χ2v) is 3.93. The van der Waals surface area contributed by atoms with Crippen LogP contribution in [0.1, 0.15) is 18.7 Å². The molecule has 106 valence electrons. The Morgan fingerprint density at radius 2 is 2.32 bits per heavy atom. The van der Waals surface area contributed by atoms with Crippen molar-refractivity contribution in [1.29, 1.82) is 0 Å². The summed E-state index contributed by atoms with van der Waals surface area (Å²) in [5.41, 5.74) is 6.20. The number of hydrogen-bond acceptors (Lipinski definition) is 6. The molecule has 3 amide bonds. The predicted molar refractivity (Wildman–Crippen MR) is 66.0 cm³/mol. The number of nitrogens with one attached hydrogen (secondary N) is 2. The average Bonchev–Trinajstić information content (AvgIpc) is 2.77. The Kier molecular flexibility index (Phi) is 5.90. The Hall–Kier alpha value is -2.00. The molecule has 1 aromatic heterocycles. The summed E-state index contributed by atoms with van der Waals surface area (Å²) < 4.78 is 6.07. The molecule has 0 bridgehead atoms. The van der Waals surface area contributed by atoms with Crippen molar-refractivity contribution >= 4 is 11.9 Å². The molecule has 0 aliphatic rings. The average molecular weight is 270 g/mol. The summed E-state index contributed by atoms with van der Waals surface area (Å²) >= 11 is 0. The van der Waals surface area contributed by atoms with Gasteiger partial charge in [0.25, 0.3) is 0 Å². The van der Waals surface area contributed by atoms with Crippen molar-refractivity contribution in [2.45, 2.75) is 19.5 Å². The summed E-state index contributed by atoms with van der Waals surface area (Å²) in [6, 6.07) is -0.830. The predicted octanol–water partition coefficient (Wildman–Crippen LogP) is -1.23. The summed E-state index contributed by atoms with van der Waals surface area (Å²) in [5, 5.41) is 12.2. The van der Waals surface area contributed by atoms with E-state index in [4.69, 9.17) is 10.5 Å². The first-order valence-electron chi connectivity index (χ1n) is 5.75. The molecule has 4 N–H and O–H groups in total. The lowest BCUT2D eigenvalue weighted by Gasteiger charge is -2.05. The Morgan fingerprint density at radius 1 is 1.58 bits per heavy atom. The van der Waals surface area contributed by atoms with Gasteiger partial charge in [0.15, 0.2) is 0 Å². The number of carbonyl (C=O) groups excluding carboxylic acids is 2. The van der Waals surface area contributed by atoms with E-state index >= 15 is 0 Å². The van der Waals surface area contributed by atoms with Crippen LogP contribution in [0, 0.1) is 0 Å². The first kappa shape index (κ1) is 15.1. The van der Waals surface area contributed by atoms with Crippen molar-refractivity contribution in [2.24, 2.45) is 5.73 Å². The van der Waals surface area contributed by atoms with E-state index in [-0.39, 0.29) is 12.6 Å². The Labute approximate surface area is 110 Å². The van der Waals surface area contributed by atoms with Crippen LogP contribution in [0.3, 0.4) is 0 Å². The number of amides is 3. The fraction of sp³-hybridized carbons (Fsp3) is 0.600. The van der Waals surface area contributed by atoms with Gasteiger partial charge >= 0.3 is 6.03 Å². The lowest BCUT2D eigenvalue weighted by Crippen LogP contribution is -2.42. The molecule has 0 fully saturated rings. The van der Waals surface area contributed by atoms with Crippen LogP contribution < -0.4 is 16.4 Å². The standard InChI is InChI=1S/C10H18N6O3/c1-7(11)8-5-16(15-14-8)6-9(17)13-10(18)12-3-4-19-2/h5,7H,3-4,6,11H2,1-2H3,(H2,12,13,17,18). The minimum absolute atomic E-state index is 0.0998. The quantitative estimate of drug-likeness (QED) is 0.556. The monoisotopic (exact) mass is 270 g/mol. The zero-order valence-electron chi connectivity index (χ0n) is 10.9. The largest absolute Gasteiger partial charge is 0.383 e. The zero-order valence-corrected chi connectivity index (χ0v) is 10.9. The normalized spacial score (nSPS) is 11.9. The second-order valence-electron chi connectivity index (χ2n) is 3.93. The molecule has 1 atom stereocenters. The third-order valence-corrected chi connectivity index (χ3v) is 2.17. The number of aromatic nitrogens is 3. The van der Waals surface area contributed by atoms with Crippen LogP contribution in [0.2, 0.25) is 0 Å². The highest BCUT2D eigenvalue weighted by molar-refractivity contribution is 5.94. The molecule has 1 rings (SSSR count). The van der Waals surface area contributed by atoms with Crippen LogP contribution in [0.4, 0.5) is 4.79 Å². The van der Waals surface area contributed by atoms with Crippen LogP contribution in [0.15, 0.2) is 6.20 Å². The Bertz CT molecular complexity index is 431. The van der Waals surface area contributed by atoms with Crippen LogP contribution in [0.5, 0.6) is 0 Å². The van der Waals surface area contributed by atoms with E-state index in [2.05, 4.69) is 20.9 Å². The van der Waals surface area contributed by atoms with E-state index in [1.165, 1.54) is 11.8 Å². The van der Waals surface area contributed by atoms with Crippen molar-refractivity contribution in [3.05, 3.63) is 11.9 Å². The van der Waals surface area contributed by atoms with Gasteiger partial charge in [-0.2, -0.15) is 0 Å². The molecule has 0 aromatic carbocycles. The Morgan fingerprint density at radius 3 is 2.89 bits per heavy atom. The highest BCUT2D eigenvalue weighted by atomic mass is 16.5. The molecule has 0 saturated carbocycles. The van der Waals surface area contributed by atoms with Crippen LogP contribution in [-0.4, -0.2) is 47.2 Å². The number of hydrogen-bond donors (Lipinski definition) is 3. The highest BCUT2D eigenvalue weighted by Gasteiger charge is 2.10. The van der Waals surface area contributed by atoms with Crippen molar-refractivity contribution < 1.29 is 14.3 Å². The first-order valence-corrected chi connectivity index (χ1v) is 5.75. The van der Waals surface area contributed by atoms with E-state index in [0.29, 0.717) is 18.8 Å². The molecule has 0 saturated heterocycles. The number of methoxy groups -OCH3 is 1. The number of rotatable bonds is 6. The van der Waals surface area contributed by atoms with Crippen molar-refractivity contribution in [3.63, 3.8) is 0 Å². The minimum atomic E-state index is -0.574. The van der Waals surface area contributed by atoms with E-state index in [1.54, 1.807) is 13.1 Å². The van der Waals surface area contributed by atoms with E-state index in [1.807, 2.05) is 0 Å². The minimum Gasteiger partial charge on any atom is -0.383 e. The second kappa shape index (κ2) is 7.44. The molecule has 9 nitrogen and oxygen atoms in total. The SMILES string of the molecule is COCCNC(=O)NC(=O)Cn1cc(C(C)N)nn1. The molecule has 9 heteroatoms. The molecule has 0 aliphatic heterocycles. The summed E-state index contributed by atoms with van der Waals surface area (Å²) in [6.07, 6.45) is 1.56. The number of nitrogens with two attached hydrogens (primary N) is 1. The third-order valence-electron chi connectivity index (χ3n) is 2.17. The number of ether oxygens (including phenoxy) is 1. The van der Waals surface area contributed by atoms with Crippen molar-refractivity contribution in [1.82, 2.24) is 25.6 Å². The maximum absolute atomic E-state index is 11.5. The lowest BCUT2D eigenvalue weighted by atomic mass is 10.3. The van der Waals surface area contributed by atoms with Crippen molar-refractivity contribution in [3.8, 4) is 0 Å². The van der Waals surface area contributed by atoms with Gasteiger partial charge in [-0.05, 0) is 6.92 Å². The van der Waals surface area contributed by atoms with E-state index in [0.717, 1.165) is 0 Å². The van der Waals surface area contributed by atoms with E-state index < -0.39 is 11.9 Å². The highest BCUT2D eigenvalue weighted by Crippen LogP contribution is 2.02. The third kappa shape index (κ3) is 5.44. The van der Waals surface area contributed by atoms with Gasteiger partial charge in [-0.3, -0.25) is 10.1 Å². The van der Waals surface area contributed by atoms with Gasteiger partial charge < -0.3 is 15.8 Å². The molecule has 19 heavy (non-hydrogen) atoms. The maximum atomic E-state index is 11.5. The molecule has 0 radical (unpaired) electrons. The molecular weight excluding hydrogens is 252 g/mol. The number of nitrogens with zero attached hydrogens (tertiary/aromatic N) is 3. The summed E-state index contributed by atoms with van der Waals surface area (Å²) in [4.78, 5) is 22.8. The van der Waals surface area contributed by atoms with Gasteiger partial charge in [-0.25, -0.2) is 9.48 Å². The van der Waals surface area contributed by atoms with Crippen molar-refractivity contribution in [2.75, 3.05) is 20.3 Å². The molecule has 0 spiro atoms. The topological polar surface area (TPSA) is 124 Å². The van der Waals surface area contributed by atoms with Crippen LogP contribution in [0.25, 0.3) is 0 Å². The van der Waals surface area contributed by atoms with Gasteiger partial charge in [0, 0.05) is 19.7 Å². The Balaban J connectivity index is 2.35. The first-order chi connectivity index (χ1) is 9.02. The van der Waals surface area contributed by atoms with Gasteiger partial charge in [-0.15, -0.1) is 5.10 Å². The fourth-order valence-corrected chi connectivity index (χ4v) is 1.22. The molecule has 0 aliphatic carbocycles. The molecular formula is C10H18N6O3. The molecule has 1 aromatic rings. The van der Waals surface area contributed by atoms with Gasteiger partial charge in [0.1, 0.15) is 6.54 Å². The van der Waals surface area contributed by atoms with Gasteiger partial charge in [0.05, 0.1) is 18.5 Å². The lowest BCUT2D eigenvalue weighted by molar-refractivity contribution is -0.120. The summed E-state index contributed by atoms with van der Waals surface area (Å²) in [7, 11) is 1.52. The van der Waals surface area contributed by atoms with E-state index in [9.17, 15) is 9.59 Å². The molecule has 1 heterocycles. The number of carbonyl (C=O) groups is 2. The van der Waals surface area contributed by atoms with Gasteiger partial charge in [0.2, 0.25) is 5.91 Å². The van der Waals surface area contributed by atoms with Crippen LogP contribution in [-0.2, 0) is 16.1 Å². The summed E-state index contributed by atoms with van der Waals surface area (Å²) in [5.74, 6) is -0.490. The fourth-order valence-electron chi connectivity index (χ4n) is 1.22. The number of imide groups is 1. The van der Waals surface area contributed by atoms with Crippen LogP contribution >= 0.6 is 0 Å².